The summed E-state index contributed by atoms with van der Waals surface area (Å²) in [5, 5.41) is 8.99. The van der Waals surface area contributed by atoms with Crippen LogP contribution in [0.25, 0.3) is 0 Å². The normalized spacial score (nSPS) is 13.8. The maximum Gasteiger partial charge on any atom is 0.256 e. The lowest BCUT2D eigenvalue weighted by Gasteiger charge is -2.26. The smallest absolute Gasteiger partial charge is 0.256 e. The molecule has 2 amide bonds. The van der Waals surface area contributed by atoms with Gasteiger partial charge in [-0.15, -0.1) is 0 Å². The minimum Gasteiger partial charge on any atom is -0.379 e. The summed E-state index contributed by atoms with van der Waals surface area (Å²) in [6.07, 6.45) is 3.84. The van der Waals surface area contributed by atoms with E-state index in [1.807, 2.05) is 18.2 Å². The summed E-state index contributed by atoms with van der Waals surface area (Å²) >= 11 is 0. The van der Waals surface area contributed by atoms with Crippen molar-refractivity contribution >= 4 is 29.0 Å². The first-order chi connectivity index (χ1) is 16.7. The number of aromatic nitrogens is 2. The first-order valence-corrected chi connectivity index (χ1v) is 11.3. The fourth-order valence-electron chi connectivity index (χ4n) is 3.63. The number of nitrogens with one attached hydrogen (secondary N) is 3. The van der Waals surface area contributed by atoms with Crippen molar-refractivity contribution < 1.29 is 14.3 Å². The van der Waals surface area contributed by atoms with E-state index in [0.29, 0.717) is 23.5 Å². The number of carbonyl (C=O) groups excluding carboxylic acids is 2. The summed E-state index contributed by atoms with van der Waals surface area (Å²) < 4.78 is 5.36. The first-order valence-electron chi connectivity index (χ1n) is 11.3. The maximum absolute atomic E-state index is 12.6. The molecule has 0 saturated carbocycles. The molecule has 0 unspecified atom stereocenters. The topological polar surface area (TPSA) is 108 Å². The van der Waals surface area contributed by atoms with Crippen LogP contribution in [0.2, 0.25) is 0 Å². The van der Waals surface area contributed by atoms with Crippen molar-refractivity contribution in [2.24, 2.45) is 0 Å². The predicted octanol–water partition coefficient (Wildman–Crippen LogP) is 2.92. The van der Waals surface area contributed by atoms with E-state index in [1.165, 1.54) is 6.33 Å². The first kappa shape index (κ1) is 23.3. The van der Waals surface area contributed by atoms with Gasteiger partial charge in [0.25, 0.3) is 11.8 Å². The third-order valence-corrected chi connectivity index (χ3v) is 5.40. The van der Waals surface area contributed by atoms with E-state index in [2.05, 4.69) is 30.8 Å². The summed E-state index contributed by atoms with van der Waals surface area (Å²) in [7, 11) is 0. The average Bonchev–Trinajstić information content (AvgIpc) is 2.88. The van der Waals surface area contributed by atoms with Crippen molar-refractivity contribution in [2.45, 2.75) is 6.42 Å². The molecular weight excluding hydrogens is 432 g/mol. The highest BCUT2D eigenvalue weighted by Gasteiger charge is 2.11. The van der Waals surface area contributed by atoms with Crippen LogP contribution in [0.15, 0.2) is 67.1 Å². The van der Waals surface area contributed by atoms with Gasteiger partial charge in [0, 0.05) is 48.3 Å². The largest absolute Gasteiger partial charge is 0.379 e. The Morgan fingerprint density at radius 2 is 1.65 bits per heavy atom. The van der Waals surface area contributed by atoms with E-state index in [1.54, 1.807) is 42.6 Å². The van der Waals surface area contributed by atoms with Crippen molar-refractivity contribution in [3.05, 3.63) is 78.2 Å². The molecule has 0 spiro atoms. The van der Waals surface area contributed by atoms with Crippen LogP contribution >= 0.6 is 0 Å². The van der Waals surface area contributed by atoms with Crippen molar-refractivity contribution in [1.82, 2.24) is 20.2 Å². The fraction of sp³-hybridized carbons (Fsp3) is 0.280. The summed E-state index contributed by atoms with van der Waals surface area (Å²) in [6, 6.07) is 16.0. The second kappa shape index (κ2) is 11.9. The number of morpholine rings is 1. The van der Waals surface area contributed by atoms with E-state index < -0.39 is 0 Å². The van der Waals surface area contributed by atoms with Gasteiger partial charge in [0.1, 0.15) is 12.1 Å². The molecule has 1 fully saturated rings. The molecule has 9 nitrogen and oxygen atoms in total. The van der Waals surface area contributed by atoms with Crippen LogP contribution in [0.5, 0.6) is 0 Å². The van der Waals surface area contributed by atoms with Crippen LogP contribution in [0.3, 0.4) is 0 Å². The highest BCUT2D eigenvalue weighted by Crippen LogP contribution is 2.19. The van der Waals surface area contributed by atoms with Crippen LogP contribution in [0.4, 0.5) is 17.2 Å². The number of anilines is 3. The van der Waals surface area contributed by atoms with Crippen molar-refractivity contribution in [3.63, 3.8) is 0 Å². The molecule has 34 heavy (non-hydrogen) atoms. The number of nitrogens with zero attached hydrogens (tertiary/aromatic N) is 3. The fourth-order valence-corrected chi connectivity index (χ4v) is 3.63. The highest BCUT2D eigenvalue weighted by molar-refractivity contribution is 6.04. The molecule has 9 heteroatoms. The van der Waals surface area contributed by atoms with E-state index in [4.69, 9.17) is 4.74 Å². The van der Waals surface area contributed by atoms with Gasteiger partial charge in [-0.1, -0.05) is 12.1 Å². The summed E-state index contributed by atoms with van der Waals surface area (Å²) in [4.78, 5) is 35.3. The molecule has 1 saturated heterocycles. The predicted molar refractivity (Wildman–Crippen MR) is 130 cm³/mol. The Kier molecular flexibility index (Phi) is 8.15. The molecule has 3 aromatic rings. The lowest BCUT2D eigenvalue weighted by molar-refractivity contribution is 0.0374. The van der Waals surface area contributed by atoms with E-state index >= 15 is 0 Å². The number of benzene rings is 2. The van der Waals surface area contributed by atoms with Gasteiger partial charge in [0.2, 0.25) is 0 Å². The Bertz CT molecular complexity index is 1100. The van der Waals surface area contributed by atoms with Gasteiger partial charge in [-0.3, -0.25) is 14.5 Å². The third-order valence-electron chi connectivity index (χ3n) is 5.40. The minimum atomic E-state index is -0.271. The van der Waals surface area contributed by atoms with Gasteiger partial charge >= 0.3 is 0 Å². The lowest BCUT2D eigenvalue weighted by atomic mass is 10.1. The van der Waals surface area contributed by atoms with Crippen molar-refractivity contribution in [3.8, 4) is 0 Å². The Hall–Kier alpha value is -3.82. The van der Waals surface area contributed by atoms with Gasteiger partial charge in [-0.25, -0.2) is 9.97 Å². The van der Waals surface area contributed by atoms with E-state index in [-0.39, 0.29) is 11.8 Å². The molecule has 0 bridgehead atoms. The van der Waals surface area contributed by atoms with Crippen LogP contribution < -0.4 is 16.0 Å². The molecule has 176 valence electrons. The summed E-state index contributed by atoms with van der Waals surface area (Å²) in [6.45, 7) is 5.03. The van der Waals surface area contributed by atoms with Gasteiger partial charge in [-0.05, 0) is 55.4 Å². The van der Waals surface area contributed by atoms with E-state index in [9.17, 15) is 9.59 Å². The Morgan fingerprint density at radius 1 is 0.941 bits per heavy atom. The zero-order valence-corrected chi connectivity index (χ0v) is 18.9. The zero-order valence-electron chi connectivity index (χ0n) is 18.9. The van der Waals surface area contributed by atoms with Gasteiger partial charge in [0.15, 0.2) is 0 Å². The number of rotatable bonds is 9. The number of hydrogen-bond donors (Lipinski definition) is 3. The molecular formula is C25H28N6O3. The molecule has 2 heterocycles. The average molecular weight is 461 g/mol. The summed E-state index contributed by atoms with van der Waals surface area (Å²) in [5.41, 5.74) is 2.56. The summed E-state index contributed by atoms with van der Waals surface area (Å²) in [5.74, 6) is 0.0539. The number of hydrogen-bond acceptors (Lipinski definition) is 7. The number of carbonyl (C=O) groups is 2. The van der Waals surface area contributed by atoms with Gasteiger partial charge in [0.05, 0.1) is 13.2 Å². The highest BCUT2D eigenvalue weighted by atomic mass is 16.5. The molecule has 1 aliphatic heterocycles. The van der Waals surface area contributed by atoms with Crippen LogP contribution in [0, 0.1) is 0 Å². The van der Waals surface area contributed by atoms with Crippen LogP contribution in [-0.4, -0.2) is 66.1 Å². The molecule has 1 aliphatic rings. The molecule has 3 N–H and O–H groups in total. The maximum atomic E-state index is 12.6. The van der Waals surface area contributed by atoms with Gasteiger partial charge < -0.3 is 20.7 Å². The Balaban J connectivity index is 1.30. The quantitative estimate of drug-likeness (QED) is 0.421. The third kappa shape index (κ3) is 6.84. The number of amides is 2. The second-order valence-electron chi connectivity index (χ2n) is 7.90. The van der Waals surface area contributed by atoms with Crippen molar-refractivity contribution in [1.29, 1.82) is 0 Å². The molecule has 2 aromatic carbocycles. The van der Waals surface area contributed by atoms with Crippen LogP contribution in [0.1, 0.15) is 27.1 Å². The standard InChI is InChI=1S/C25H28N6O3/c32-24(27-9-3-11-31-12-14-34-15-13-31)19-4-1-6-21(16-19)29-22-7-2-5-20(17-22)25(33)30-23-8-10-26-18-28-23/h1-2,4-8,10,16-18,29H,3,9,11-15H2,(H,27,32)(H,26,28,30,33). The Morgan fingerprint density at radius 3 is 2.32 bits per heavy atom. The molecule has 0 atom stereocenters. The number of ether oxygens (including phenoxy) is 1. The molecule has 1 aromatic heterocycles. The van der Waals surface area contributed by atoms with E-state index in [0.717, 1.165) is 50.6 Å². The van der Waals surface area contributed by atoms with Crippen LogP contribution in [-0.2, 0) is 4.74 Å². The molecule has 0 radical (unpaired) electrons. The minimum absolute atomic E-state index is 0.108. The van der Waals surface area contributed by atoms with Gasteiger partial charge in [-0.2, -0.15) is 0 Å². The lowest BCUT2D eigenvalue weighted by Crippen LogP contribution is -2.38. The SMILES string of the molecule is O=C(NCCCN1CCOCC1)c1cccc(Nc2cccc(C(=O)Nc3ccncn3)c2)c1. The zero-order chi connectivity index (χ0) is 23.6. The monoisotopic (exact) mass is 460 g/mol. The second-order valence-corrected chi connectivity index (χ2v) is 7.90. The Labute approximate surface area is 198 Å². The molecule has 4 rings (SSSR count). The van der Waals surface area contributed by atoms with Crippen molar-refractivity contribution in [2.75, 3.05) is 50.0 Å². The molecule has 0 aliphatic carbocycles.